The van der Waals surface area contributed by atoms with Gasteiger partial charge in [0.15, 0.2) is 6.71 Å². The van der Waals surface area contributed by atoms with Gasteiger partial charge < -0.3 is 0 Å². The predicted octanol–water partition coefficient (Wildman–Crippen LogP) is 3.13. The average Bonchev–Trinajstić information content (AvgIpc) is 1.97. The molecule has 0 radical (unpaired) electrons. The summed E-state index contributed by atoms with van der Waals surface area (Å²) >= 11 is 0. The molecule has 0 aromatic carbocycles. The summed E-state index contributed by atoms with van der Waals surface area (Å²) in [6.45, 7) is 12.1. The van der Waals surface area contributed by atoms with E-state index in [1.54, 1.807) is 6.08 Å². The molecule has 58 valence electrons. The number of hydrogen-bond donors (Lipinski definition) is 0. The molecule has 0 fully saturated rings. The normalized spacial score (nSPS) is 11.6. The summed E-state index contributed by atoms with van der Waals surface area (Å²) in [4.78, 5) is 0. The van der Waals surface area contributed by atoms with Crippen molar-refractivity contribution in [3.8, 4) is 0 Å². The lowest BCUT2D eigenvalue weighted by atomic mass is 9.48. The van der Waals surface area contributed by atoms with Gasteiger partial charge in [-0.25, -0.2) is 0 Å². The highest BCUT2D eigenvalue weighted by Crippen LogP contribution is 2.02. The van der Waals surface area contributed by atoms with Crippen LogP contribution in [0.3, 0.4) is 0 Å². The quantitative estimate of drug-likeness (QED) is 0.422. The second-order valence-corrected chi connectivity index (χ2v) is 2.65. The Morgan fingerprint density at radius 2 is 1.82 bits per heavy atom. The fraction of sp³-hybridized carbons (Fsp3) is 0.200. The van der Waals surface area contributed by atoms with E-state index in [9.17, 15) is 0 Å². The highest BCUT2D eigenvalue weighted by molar-refractivity contribution is 6.64. The van der Waals surface area contributed by atoms with Crippen LogP contribution >= 0.6 is 0 Å². The Labute approximate surface area is 70.1 Å². The Morgan fingerprint density at radius 3 is 2.18 bits per heavy atom. The standard InChI is InChI=1S/C10H15B/c1-5-7-9-10(8-6-2)11(3)4/h5-9H,1-2H2,3-4H3/b9-7-,10-8+. The van der Waals surface area contributed by atoms with Crippen LogP contribution in [-0.2, 0) is 0 Å². The minimum atomic E-state index is 0.546. The van der Waals surface area contributed by atoms with Crippen molar-refractivity contribution in [2.45, 2.75) is 13.6 Å². The number of hydrogen-bond acceptors (Lipinski definition) is 0. The molecule has 0 rings (SSSR count). The Bertz CT molecular complexity index is 185. The molecule has 0 aliphatic carbocycles. The minimum absolute atomic E-state index is 0.546. The fourth-order valence-electron chi connectivity index (χ4n) is 0.756. The van der Waals surface area contributed by atoms with Crippen LogP contribution in [0.25, 0.3) is 0 Å². The largest absolute Gasteiger partial charge is 0.169 e. The van der Waals surface area contributed by atoms with Gasteiger partial charge in [0.2, 0.25) is 0 Å². The maximum atomic E-state index is 3.65. The van der Waals surface area contributed by atoms with E-state index in [0.29, 0.717) is 6.71 Å². The molecule has 0 heterocycles. The van der Waals surface area contributed by atoms with E-state index in [-0.39, 0.29) is 0 Å². The van der Waals surface area contributed by atoms with E-state index < -0.39 is 0 Å². The van der Waals surface area contributed by atoms with Crippen LogP contribution in [0.4, 0.5) is 0 Å². The molecule has 0 bridgehead atoms. The third kappa shape index (κ3) is 4.43. The molecule has 0 aliphatic rings. The van der Waals surface area contributed by atoms with Crippen LogP contribution in [0, 0.1) is 0 Å². The first-order valence-corrected chi connectivity index (χ1v) is 3.84. The Balaban J connectivity index is 4.34. The molecule has 0 saturated heterocycles. The Morgan fingerprint density at radius 1 is 1.18 bits per heavy atom. The molecule has 0 unspecified atom stereocenters. The molecule has 0 atom stereocenters. The molecule has 1 heteroatoms. The summed E-state index contributed by atoms with van der Waals surface area (Å²) in [5.41, 5.74) is 1.28. The summed E-state index contributed by atoms with van der Waals surface area (Å²) in [7, 11) is 0. The second-order valence-electron chi connectivity index (χ2n) is 2.65. The van der Waals surface area contributed by atoms with Crippen LogP contribution in [0.15, 0.2) is 49.0 Å². The number of allylic oxidation sites excluding steroid dienone is 6. The molecule has 0 saturated carbocycles. The van der Waals surface area contributed by atoms with E-state index in [4.69, 9.17) is 0 Å². The zero-order valence-corrected chi connectivity index (χ0v) is 7.38. The van der Waals surface area contributed by atoms with E-state index in [1.165, 1.54) is 5.47 Å². The van der Waals surface area contributed by atoms with E-state index >= 15 is 0 Å². The first-order valence-electron chi connectivity index (χ1n) is 3.84. The summed E-state index contributed by atoms with van der Waals surface area (Å²) in [6.07, 6.45) is 9.60. The molecule has 0 aliphatic heterocycles. The van der Waals surface area contributed by atoms with Crippen molar-refractivity contribution in [2.75, 3.05) is 0 Å². The molecule has 0 amide bonds. The van der Waals surface area contributed by atoms with Crippen LogP contribution in [0.1, 0.15) is 0 Å². The van der Waals surface area contributed by atoms with Gasteiger partial charge in [-0.05, 0) is 0 Å². The van der Waals surface area contributed by atoms with Crippen molar-refractivity contribution in [3.05, 3.63) is 49.0 Å². The highest BCUT2D eigenvalue weighted by atomic mass is 13.8. The van der Waals surface area contributed by atoms with Crippen molar-refractivity contribution in [1.29, 1.82) is 0 Å². The van der Waals surface area contributed by atoms with Gasteiger partial charge in [-0.1, -0.05) is 62.7 Å². The number of rotatable bonds is 4. The van der Waals surface area contributed by atoms with Crippen LogP contribution < -0.4 is 0 Å². The molecule has 0 nitrogen and oxygen atoms in total. The van der Waals surface area contributed by atoms with Gasteiger partial charge >= 0.3 is 0 Å². The second kappa shape index (κ2) is 5.78. The van der Waals surface area contributed by atoms with Gasteiger partial charge in [0.25, 0.3) is 0 Å². The summed E-state index contributed by atoms with van der Waals surface area (Å²) in [6, 6.07) is 0. The average molecular weight is 146 g/mol. The Hall–Kier alpha value is -0.975. The SMILES string of the molecule is C=C/C=C\C(=C/C=C)B(C)C. The topological polar surface area (TPSA) is 0 Å². The predicted molar refractivity (Wildman–Crippen MR) is 55.1 cm³/mol. The van der Waals surface area contributed by atoms with Gasteiger partial charge in [-0.3, -0.25) is 0 Å². The van der Waals surface area contributed by atoms with E-state index in [2.05, 4.69) is 32.9 Å². The molecule has 0 N–H and O–H groups in total. The third-order valence-electron chi connectivity index (χ3n) is 1.40. The van der Waals surface area contributed by atoms with Crippen molar-refractivity contribution < 1.29 is 0 Å². The third-order valence-corrected chi connectivity index (χ3v) is 1.40. The first kappa shape index (κ1) is 10.0. The van der Waals surface area contributed by atoms with E-state index in [1.807, 2.05) is 18.2 Å². The van der Waals surface area contributed by atoms with Gasteiger partial charge in [0, 0.05) is 0 Å². The van der Waals surface area contributed by atoms with Crippen LogP contribution in [-0.4, -0.2) is 6.71 Å². The molecule has 0 aromatic heterocycles. The minimum Gasteiger partial charge on any atom is -0.0991 e. The lowest BCUT2D eigenvalue weighted by Crippen LogP contribution is -2.02. The maximum absolute atomic E-state index is 3.65. The van der Waals surface area contributed by atoms with Crippen molar-refractivity contribution in [2.24, 2.45) is 0 Å². The van der Waals surface area contributed by atoms with Crippen molar-refractivity contribution in [3.63, 3.8) is 0 Å². The first-order chi connectivity index (χ1) is 5.22. The zero-order chi connectivity index (χ0) is 8.69. The maximum Gasteiger partial charge on any atom is 0.169 e. The van der Waals surface area contributed by atoms with E-state index in [0.717, 1.165) is 0 Å². The van der Waals surface area contributed by atoms with Crippen molar-refractivity contribution >= 4 is 6.71 Å². The molecule has 0 aromatic rings. The molecule has 0 spiro atoms. The lowest BCUT2D eigenvalue weighted by Gasteiger charge is -1.99. The molecular weight excluding hydrogens is 131 g/mol. The highest BCUT2D eigenvalue weighted by Gasteiger charge is 2.00. The summed E-state index contributed by atoms with van der Waals surface area (Å²) < 4.78 is 0. The zero-order valence-electron chi connectivity index (χ0n) is 7.38. The van der Waals surface area contributed by atoms with Crippen LogP contribution in [0.5, 0.6) is 0 Å². The smallest absolute Gasteiger partial charge is 0.0991 e. The molecular formula is C10H15B. The Kier molecular flexibility index (Phi) is 5.27. The van der Waals surface area contributed by atoms with Crippen LogP contribution in [0.2, 0.25) is 13.6 Å². The molecule has 11 heavy (non-hydrogen) atoms. The van der Waals surface area contributed by atoms with Gasteiger partial charge in [0.05, 0.1) is 0 Å². The van der Waals surface area contributed by atoms with Gasteiger partial charge in [-0.2, -0.15) is 0 Å². The monoisotopic (exact) mass is 146 g/mol. The summed E-state index contributed by atoms with van der Waals surface area (Å²) in [5, 5.41) is 0. The summed E-state index contributed by atoms with van der Waals surface area (Å²) in [5.74, 6) is 0. The van der Waals surface area contributed by atoms with Crippen molar-refractivity contribution in [1.82, 2.24) is 0 Å². The lowest BCUT2D eigenvalue weighted by molar-refractivity contribution is 1.75. The van der Waals surface area contributed by atoms with Gasteiger partial charge in [-0.15, -0.1) is 0 Å². The fourth-order valence-corrected chi connectivity index (χ4v) is 0.756. The van der Waals surface area contributed by atoms with Gasteiger partial charge in [0.1, 0.15) is 0 Å².